The van der Waals surface area contributed by atoms with E-state index >= 15 is 0 Å². The molecule has 1 fully saturated rings. The summed E-state index contributed by atoms with van der Waals surface area (Å²) in [5, 5.41) is 7.74. The van der Waals surface area contributed by atoms with E-state index in [2.05, 4.69) is 14.9 Å². The van der Waals surface area contributed by atoms with Gasteiger partial charge in [0.25, 0.3) is 15.9 Å². The minimum absolute atomic E-state index is 0.169. The van der Waals surface area contributed by atoms with Gasteiger partial charge in [-0.3, -0.25) is 4.72 Å². The van der Waals surface area contributed by atoms with E-state index in [-0.39, 0.29) is 22.7 Å². The quantitative estimate of drug-likeness (QED) is 0.690. The van der Waals surface area contributed by atoms with Crippen molar-refractivity contribution in [3.05, 3.63) is 36.2 Å². The molecule has 10 heteroatoms. The van der Waals surface area contributed by atoms with E-state index in [4.69, 9.17) is 18.3 Å². The highest BCUT2D eigenvalue weighted by molar-refractivity contribution is 7.92. The maximum atomic E-state index is 12.6. The molecule has 0 amide bonds. The zero-order valence-electron chi connectivity index (χ0n) is 14.8. The Morgan fingerprint density at radius 2 is 1.79 bits per heavy atom. The number of sulfonamides is 1. The Kier molecular flexibility index (Phi) is 4.00. The molecular weight excluding hydrogens is 386 g/mol. The molecule has 2 aliphatic rings. The second-order valence-corrected chi connectivity index (χ2v) is 8.27. The molecule has 1 saturated carbocycles. The van der Waals surface area contributed by atoms with Crippen LogP contribution in [0.5, 0.6) is 11.5 Å². The van der Waals surface area contributed by atoms with Crippen LogP contribution in [0.3, 0.4) is 0 Å². The van der Waals surface area contributed by atoms with E-state index in [9.17, 15) is 8.42 Å². The number of anilines is 1. The van der Waals surface area contributed by atoms with Crippen molar-refractivity contribution in [2.75, 3.05) is 17.9 Å². The maximum Gasteiger partial charge on any atom is 0.295 e. The SMILES string of the molecule is O=S(=O)(Nc1ccc2c(c1)OCCO2)c1ccc(-c2nnc(C3CCC3)o2)o1. The van der Waals surface area contributed by atoms with Crippen LogP contribution in [0.25, 0.3) is 11.7 Å². The summed E-state index contributed by atoms with van der Waals surface area (Å²) in [4.78, 5) is 0. The molecule has 0 spiro atoms. The van der Waals surface area contributed by atoms with E-state index in [1.807, 2.05) is 0 Å². The monoisotopic (exact) mass is 403 g/mol. The van der Waals surface area contributed by atoms with Crippen molar-refractivity contribution >= 4 is 15.7 Å². The van der Waals surface area contributed by atoms with E-state index in [1.165, 1.54) is 12.1 Å². The van der Waals surface area contributed by atoms with Crippen LogP contribution < -0.4 is 14.2 Å². The summed E-state index contributed by atoms with van der Waals surface area (Å²) in [6.07, 6.45) is 3.20. The lowest BCUT2D eigenvalue weighted by atomic mass is 9.85. The van der Waals surface area contributed by atoms with E-state index < -0.39 is 10.0 Å². The number of nitrogens with one attached hydrogen (secondary N) is 1. The molecule has 0 unspecified atom stereocenters. The lowest BCUT2D eigenvalue weighted by molar-refractivity contribution is 0.171. The first kappa shape index (κ1) is 17.1. The first-order chi connectivity index (χ1) is 13.6. The third-order valence-corrected chi connectivity index (χ3v) is 6.00. The number of furan rings is 1. The van der Waals surface area contributed by atoms with Crippen LogP contribution in [0.4, 0.5) is 5.69 Å². The molecule has 5 rings (SSSR count). The lowest BCUT2D eigenvalue weighted by Crippen LogP contribution is -2.16. The molecular formula is C18H17N3O6S. The number of benzene rings is 1. The highest BCUT2D eigenvalue weighted by atomic mass is 32.2. The standard InChI is InChI=1S/C18H17N3O6S/c22-28(23,21-12-4-5-13-15(10-12)25-9-8-24-13)16-7-6-14(26-16)18-20-19-17(27-18)11-2-1-3-11/h4-7,10-11,21H,1-3,8-9H2. The summed E-state index contributed by atoms with van der Waals surface area (Å²) in [6, 6.07) is 7.66. The van der Waals surface area contributed by atoms with Gasteiger partial charge in [-0.15, -0.1) is 10.2 Å². The van der Waals surface area contributed by atoms with Gasteiger partial charge >= 0.3 is 0 Å². The van der Waals surface area contributed by atoms with Gasteiger partial charge < -0.3 is 18.3 Å². The van der Waals surface area contributed by atoms with Gasteiger partial charge in [-0.2, -0.15) is 8.42 Å². The van der Waals surface area contributed by atoms with Gasteiger partial charge in [0.1, 0.15) is 13.2 Å². The molecule has 3 heterocycles. The number of aromatic nitrogens is 2. The van der Waals surface area contributed by atoms with Gasteiger partial charge in [-0.05, 0) is 37.1 Å². The van der Waals surface area contributed by atoms with Crippen LogP contribution in [0.2, 0.25) is 0 Å². The van der Waals surface area contributed by atoms with Crippen LogP contribution in [0.15, 0.2) is 44.3 Å². The van der Waals surface area contributed by atoms with E-state index in [0.29, 0.717) is 36.3 Å². The Bertz CT molecular complexity index is 1120. The van der Waals surface area contributed by atoms with Gasteiger partial charge in [-0.25, -0.2) is 0 Å². The second kappa shape index (κ2) is 6.55. The van der Waals surface area contributed by atoms with Crippen molar-refractivity contribution in [1.29, 1.82) is 0 Å². The van der Waals surface area contributed by atoms with Gasteiger partial charge in [0, 0.05) is 12.0 Å². The topological polar surface area (TPSA) is 117 Å². The lowest BCUT2D eigenvalue weighted by Gasteiger charge is -2.20. The molecule has 2 aromatic heterocycles. The van der Waals surface area contributed by atoms with E-state index in [0.717, 1.165) is 19.3 Å². The van der Waals surface area contributed by atoms with Crippen LogP contribution in [-0.4, -0.2) is 31.8 Å². The van der Waals surface area contributed by atoms with Crippen molar-refractivity contribution in [1.82, 2.24) is 10.2 Å². The molecule has 1 N–H and O–H groups in total. The Balaban J connectivity index is 1.36. The second-order valence-electron chi connectivity index (χ2n) is 6.66. The van der Waals surface area contributed by atoms with Gasteiger partial charge in [-0.1, -0.05) is 6.42 Å². The highest BCUT2D eigenvalue weighted by Crippen LogP contribution is 2.37. The summed E-state index contributed by atoms with van der Waals surface area (Å²) in [6.45, 7) is 0.878. The molecule has 0 saturated heterocycles. The molecule has 1 aliphatic heterocycles. The third kappa shape index (κ3) is 3.09. The van der Waals surface area contributed by atoms with Gasteiger partial charge in [0.15, 0.2) is 17.3 Å². The molecule has 0 atom stereocenters. The number of nitrogens with zero attached hydrogens (tertiary/aromatic N) is 2. The van der Waals surface area contributed by atoms with Gasteiger partial charge in [0.2, 0.25) is 11.0 Å². The third-order valence-electron chi connectivity index (χ3n) is 4.75. The first-order valence-corrected chi connectivity index (χ1v) is 10.4. The molecule has 9 nitrogen and oxygen atoms in total. The fourth-order valence-corrected chi connectivity index (χ4v) is 4.03. The Labute approximate surface area is 160 Å². The Hall–Kier alpha value is -3.01. The molecule has 0 radical (unpaired) electrons. The van der Waals surface area contributed by atoms with Crippen molar-refractivity contribution in [2.45, 2.75) is 30.3 Å². The average molecular weight is 403 g/mol. The highest BCUT2D eigenvalue weighted by Gasteiger charge is 2.27. The normalized spacial score (nSPS) is 16.6. The number of hydrogen-bond donors (Lipinski definition) is 1. The van der Waals surface area contributed by atoms with Gasteiger partial charge in [0.05, 0.1) is 5.69 Å². The number of ether oxygens (including phenoxy) is 2. The molecule has 0 bridgehead atoms. The van der Waals surface area contributed by atoms with Crippen molar-refractivity contribution < 1.29 is 26.7 Å². The van der Waals surface area contributed by atoms with Crippen LogP contribution >= 0.6 is 0 Å². The summed E-state index contributed by atoms with van der Waals surface area (Å²) in [7, 11) is -3.93. The fourth-order valence-electron chi connectivity index (χ4n) is 3.05. The Morgan fingerprint density at radius 1 is 0.964 bits per heavy atom. The summed E-state index contributed by atoms with van der Waals surface area (Å²) in [5.41, 5.74) is 0.340. The zero-order chi connectivity index (χ0) is 19.1. The summed E-state index contributed by atoms with van der Waals surface area (Å²) < 4.78 is 49.7. The predicted molar refractivity (Wildman–Crippen MR) is 96.8 cm³/mol. The number of fused-ring (bicyclic) bond motifs is 1. The molecule has 146 valence electrons. The van der Waals surface area contributed by atoms with Crippen molar-refractivity contribution in [3.8, 4) is 23.1 Å². The molecule has 3 aromatic rings. The average Bonchev–Trinajstić information content (AvgIpc) is 3.29. The Morgan fingerprint density at radius 3 is 2.57 bits per heavy atom. The van der Waals surface area contributed by atoms with Crippen molar-refractivity contribution in [3.63, 3.8) is 0 Å². The number of hydrogen-bond acceptors (Lipinski definition) is 8. The van der Waals surface area contributed by atoms with Crippen molar-refractivity contribution in [2.24, 2.45) is 0 Å². The van der Waals surface area contributed by atoms with Crippen LogP contribution in [0.1, 0.15) is 31.1 Å². The molecule has 1 aromatic carbocycles. The minimum Gasteiger partial charge on any atom is -0.486 e. The first-order valence-electron chi connectivity index (χ1n) is 8.94. The molecule has 28 heavy (non-hydrogen) atoms. The minimum atomic E-state index is -3.93. The fraction of sp³-hybridized carbons (Fsp3) is 0.333. The van der Waals surface area contributed by atoms with E-state index in [1.54, 1.807) is 18.2 Å². The zero-order valence-corrected chi connectivity index (χ0v) is 15.6. The molecule has 1 aliphatic carbocycles. The van der Waals surface area contributed by atoms with Crippen LogP contribution in [-0.2, 0) is 10.0 Å². The van der Waals surface area contributed by atoms with Crippen LogP contribution in [0, 0.1) is 0 Å². The smallest absolute Gasteiger partial charge is 0.295 e. The predicted octanol–water partition coefficient (Wildman–Crippen LogP) is 3.17. The largest absolute Gasteiger partial charge is 0.486 e. The number of rotatable bonds is 5. The maximum absolute atomic E-state index is 12.6. The summed E-state index contributed by atoms with van der Waals surface area (Å²) >= 11 is 0. The summed E-state index contributed by atoms with van der Waals surface area (Å²) in [5.74, 6) is 2.30.